The summed E-state index contributed by atoms with van der Waals surface area (Å²) in [5.41, 5.74) is 3.40. The van der Waals surface area contributed by atoms with Crippen molar-refractivity contribution in [3.05, 3.63) is 78.5 Å². The Morgan fingerprint density at radius 3 is 2.77 bits per heavy atom. The Bertz CT molecular complexity index is 696. The molecule has 0 saturated heterocycles. The second kappa shape index (κ2) is 7.02. The van der Waals surface area contributed by atoms with Crippen molar-refractivity contribution in [2.45, 2.75) is 12.6 Å². The summed E-state index contributed by atoms with van der Waals surface area (Å²) in [5, 5.41) is 13.2. The predicted molar refractivity (Wildman–Crippen MR) is 85.0 cm³/mol. The van der Waals surface area contributed by atoms with Crippen LogP contribution in [0.4, 0.5) is 0 Å². The molecule has 2 N–H and O–H groups in total. The molecular weight excluding hydrogens is 276 g/mol. The number of aromatic nitrogens is 1. The quantitative estimate of drug-likeness (QED) is 0.733. The highest BCUT2D eigenvalue weighted by Gasteiger charge is 2.09. The van der Waals surface area contributed by atoms with Crippen molar-refractivity contribution >= 4 is 0 Å². The van der Waals surface area contributed by atoms with Crippen molar-refractivity contribution in [1.29, 1.82) is 0 Å². The molecule has 2 heterocycles. The summed E-state index contributed by atoms with van der Waals surface area (Å²) < 4.78 is 5.18. The Balaban J connectivity index is 1.59. The van der Waals surface area contributed by atoms with Gasteiger partial charge in [-0.2, -0.15) is 0 Å². The van der Waals surface area contributed by atoms with E-state index in [1.807, 2.05) is 24.4 Å². The van der Waals surface area contributed by atoms with Crippen molar-refractivity contribution in [2.24, 2.45) is 0 Å². The monoisotopic (exact) mass is 294 g/mol. The normalized spacial score (nSPS) is 12.2. The van der Waals surface area contributed by atoms with Crippen LogP contribution >= 0.6 is 0 Å². The predicted octanol–water partition coefficient (Wildman–Crippen LogP) is 3.16. The lowest BCUT2D eigenvalue weighted by Crippen LogP contribution is -2.20. The SMILES string of the molecule is OC(CNCc1cccc(-c2cccnc2)c1)c1ccco1. The van der Waals surface area contributed by atoms with Gasteiger partial charge in [0.15, 0.2) is 0 Å². The molecule has 3 rings (SSSR count). The van der Waals surface area contributed by atoms with E-state index in [2.05, 4.69) is 28.5 Å². The van der Waals surface area contributed by atoms with Crippen LogP contribution in [0.1, 0.15) is 17.4 Å². The molecule has 22 heavy (non-hydrogen) atoms. The number of benzene rings is 1. The third kappa shape index (κ3) is 3.61. The van der Waals surface area contributed by atoms with Gasteiger partial charge in [-0.25, -0.2) is 0 Å². The minimum absolute atomic E-state index is 0.449. The molecule has 0 radical (unpaired) electrons. The van der Waals surface area contributed by atoms with Crippen molar-refractivity contribution in [3.63, 3.8) is 0 Å². The summed E-state index contributed by atoms with van der Waals surface area (Å²) in [5.74, 6) is 0.580. The van der Waals surface area contributed by atoms with E-state index in [1.54, 1.807) is 24.6 Å². The molecule has 0 fully saturated rings. The second-order valence-electron chi connectivity index (χ2n) is 5.10. The zero-order chi connectivity index (χ0) is 15.2. The van der Waals surface area contributed by atoms with Crippen LogP contribution in [0.3, 0.4) is 0 Å². The molecule has 2 aromatic heterocycles. The van der Waals surface area contributed by atoms with Gasteiger partial charge in [0.05, 0.1) is 6.26 Å². The first kappa shape index (κ1) is 14.5. The van der Waals surface area contributed by atoms with E-state index in [-0.39, 0.29) is 0 Å². The number of hydrogen-bond donors (Lipinski definition) is 2. The van der Waals surface area contributed by atoms with Gasteiger partial charge in [0.25, 0.3) is 0 Å². The molecule has 0 bridgehead atoms. The zero-order valence-corrected chi connectivity index (χ0v) is 12.1. The van der Waals surface area contributed by atoms with Gasteiger partial charge in [-0.15, -0.1) is 0 Å². The van der Waals surface area contributed by atoms with E-state index in [1.165, 1.54) is 0 Å². The summed E-state index contributed by atoms with van der Waals surface area (Å²) >= 11 is 0. The lowest BCUT2D eigenvalue weighted by Gasteiger charge is -2.10. The Labute approximate surface area is 129 Å². The molecule has 3 aromatic rings. The first-order valence-electron chi connectivity index (χ1n) is 7.24. The topological polar surface area (TPSA) is 58.3 Å². The maximum absolute atomic E-state index is 9.96. The highest BCUT2D eigenvalue weighted by Crippen LogP contribution is 2.19. The van der Waals surface area contributed by atoms with Gasteiger partial charge < -0.3 is 14.8 Å². The largest absolute Gasteiger partial charge is 0.467 e. The Kier molecular flexibility index (Phi) is 4.63. The van der Waals surface area contributed by atoms with Crippen LogP contribution in [0.25, 0.3) is 11.1 Å². The molecule has 112 valence electrons. The van der Waals surface area contributed by atoms with Crippen LogP contribution < -0.4 is 5.32 Å². The van der Waals surface area contributed by atoms with Crippen LogP contribution in [0.15, 0.2) is 71.6 Å². The number of nitrogens with one attached hydrogen (secondary N) is 1. The Morgan fingerprint density at radius 1 is 1.09 bits per heavy atom. The zero-order valence-electron chi connectivity index (χ0n) is 12.1. The molecular formula is C18H18N2O2. The number of aliphatic hydroxyl groups excluding tert-OH is 1. The van der Waals surface area contributed by atoms with E-state index in [9.17, 15) is 5.11 Å². The minimum atomic E-state index is -0.628. The summed E-state index contributed by atoms with van der Waals surface area (Å²) in [4.78, 5) is 4.15. The molecule has 0 aliphatic rings. The molecule has 0 aliphatic carbocycles. The standard InChI is InChI=1S/C18H18N2O2/c21-17(18-7-3-9-22-18)13-20-11-14-4-1-5-15(10-14)16-6-2-8-19-12-16/h1-10,12,17,20-21H,11,13H2. The molecule has 0 saturated carbocycles. The van der Waals surface area contributed by atoms with E-state index < -0.39 is 6.10 Å². The molecule has 1 atom stereocenters. The number of pyridine rings is 1. The molecule has 1 unspecified atom stereocenters. The van der Waals surface area contributed by atoms with Gasteiger partial charge in [-0.1, -0.05) is 24.3 Å². The summed E-state index contributed by atoms with van der Waals surface area (Å²) in [6.45, 7) is 1.14. The maximum atomic E-state index is 9.96. The summed E-state index contributed by atoms with van der Waals surface area (Å²) in [7, 11) is 0. The first-order valence-corrected chi connectivity index (χ1v) is 7.24. The van der Waals surface area contributed by atoms with Crippen LogP contribution in [0.2, 0.25) is 0 Å². The second-order valence-corrected chi connectivity index (χ2v) is 5.10. The Morgan fingerprint density at radius 2 is 2.00 bits per heavy atom. The van der Waals surface area contributed by atoms with Gasteiger partial charge in [0, 0.05) is 25.5 Å². The Hall–Kier alpha value is -2.43. The third-order valence-corrected chi connectivity index (χ3v) is 3.46. The van der Waals surface area contributed by atoms with Gasteiger partial charge in [-0.3, -0.25) is 4.98 Å². The molecule has 0 spiro atoms. The third-order valence-electron chi connectivity index (χ3n) is 3.46. The lowest BCUT2D eigenvalue weighted by atomic mass is 10.0. The highest BCUT2D eigenvalue weighted by atomic mass is 16.4. The van der Waals surface area contributed by atoms with Gasteiger partial charge >= 0.3 is 0 Å². The van der Waals surface area contributed by atoms with Crippen molar-refractivity contribution in [1.82, 2.24) is 10.3 Å². The van der Waals surface area contributed by atoms with Crippen molar-refractivity contribution < 1.29 is 9.52 Å². The van der Waals surface area contributed by atoms with Crippen molar-refractivity contribution in [2.75, 3.05) is 6.54 Å². The number of nitrogens with zero attached hydrogens (tertiary/aromatic N) is 1. The van der Waals surface area contributed by atoms with Crippen LogP contribution in [0, 0.1) is 0 Å². The van der Waals surface area contributed by atoms with E-state index in [0.29, 0.717) is 18.8 Å². The average Bonchev–Trinajstić information content (AvgIpc) is 3.10. The lowest BCUT2D eigenvalue weighted by molar-refractivity contribution is 0.147. The molecule has 4 heteroatoms. The van der Waals surface area contributed by atoms with Gasteiger partial charge in [-0.05, 0) is 41.0 Å². The van der Waals surface area contributed by atoms with Crippen molar-refractivity contribution in [3.8, 4) is 11.1 Å². The molecule has 0 aliphatic heterocycles. The number of rotatable bonds is 6. The smallest absolute Gasteiger partial charge is 0.133 e. The summed E-state index contributed by atoms with van der Waals surface area (Å²) in [6, 6.07) is 15.8. The number of aliphatic hydroxyl groups is 1. The first-order chi connectivity index (χ1) is 10.8. The summed E-state index contributed by atoms with van der Waals surface area (Å²) in [6.07, 6.45) is 4.56. The average molecular weight is 294 g/mol. The highest BCUT2D eigenvalue weighted by molar-refractivity contribution is 5.62. The fourth-order valence-electron chi connectivity index (χ4n) is 2.33. The fraction of sp³-hybridized carbons (Fsp3) is 0.167. The van der Waals surface area contributed by atoms with Gasteiger partial charge in [0.1, 0.15) is 11.9 Å². The van der Waals surface area contributed by atoms with Crippen LogP contribution in [-0.4, -0.2) is 16.6 Å². The van der Waals surface area contributed by atoms with Crippen LogP contribution in [0.5, 0.6) is 0 Å². The van der Waals surface area contributed by atoms with E-state index in [4.69, 9.17) is 4.42 Å². The molecule has 0 amide bonds. The number of furan rings is 1. The van der Waals surface area contributed by atoms with Gasteiger partial charge in [0.2, 0.25) is 0 Å². The molecule has 4 nitrogen and oxygen atoms in total. The van der Waals surface area contributed by atoms with E-state index in [0.717, 1.165) is 16.7 Å². The maximum Gasteiger partial charge on any atom is 0.133 e. The van der Waals surface area contributed by atoms with Crippen LogP contribution in [-0.2, 0) is 6.54 Å². The molecule has 1 aromatic carbocycles. The number of hydrogen-bond acceptors (Lipinski definition) is 4. The fourth-order valence-corrected chi connectivity index (χ4v) is 2.33. The minimum Gasteiger partial charge on any atom is -0.467 e. The van der Waals surface area contributed by atoms with E-state index >= 15 is 0 Å².